The highest BCUT2D eigenvalue weighted by Gasteiger charge is 2.41. The van der Waals surface area contributed by atoms with E-state index < -0.39 is 0 Å². The highest BCUT2D eigenvalue weighted by molar-refractivity contribution is 6.06. The summed E-state index contributed by atoms with van der Waals surface area (Å²) in [6.45, 7) is 7.44. The predicted molar refractivity (Wildman–Crippen MR) is 87.8 cm³/mol. The van der Waals surface area contributed by atoms with Gasteiger partial charge < -0.3 is 26.8 Å². The number of carbonyl (C=O) groups is 2. The van der Waals surface area contributed by atoms with Crippen LogP contribution in [0.3, 0.4) is 0 Å². The second kappa shape index (κ2) is 8.65. The average Bonchev–Trinajstić information content (AvgIpc) is 2.84. The van der Waals surface area contributed by atoms with Gasteiger partial charge in [-0.05, 0) is 31.5 Å². The van der Waals surface area contributed by atoms with Gasteiger partial charge in [-0.2, -0.15) is 0 Å². The largest absolute Gasteiger partial charge is 1.00 e. The number of nitrogens with zero attached hydrogens (tertiary/aromatic N) is 1. The number of morpholine rings is 1. The summed E-state index contributed by atoms with van der Waals surface area (Å²) in [4.78, 5) is 27.6. The molecule has 0 spiro atoms. The van der Waals surface area contributed by atoms with Gasteiger partial charge in [-0.3, -0.25) is 9.59 Å². The van der Waals surface area contributed by atoms with E-state index in [9.17, 15) is 9.59 Å². The molecule has 138 valence electrons. The fourth-order valence-corrected chi connectivity index (χ4v) is 3.20. The van der Waals surface area contributed by atoms with E-state index in [-0.39, 0.29) is 42.7 Å². The van der Waals surface area contributed by atoms with E-state index in [4.69, 9.17) is 9.47 Å². The quantitative estimate of drug-likeness (QED) is 0.570. The highest BCUT2D eigenvalue weighted by atomic mass is 35.5. The molecule has 0 aliphatic carbocycles. The van der Waals surface area contributed by atoms with Gasteiger partial charge in [0.05, 0.1) is 25.2 Å². The Morgan fingerprint density at radius 1 is 1.20 bits per heavy atom. The molecule has 6 nitrogen and oxygen atoms in total. The third kappa shape index (κ3) is 4.71. The van der Waals surface area contributed by atoms with Crippen molar-refractivity contribution in [2.45, 2.75) is 32.3 Å². The molecule has 25 heavy (non-hydrogen) atoms. The first kappa shape index (κ1) is 19.7. The van der Waals surface area contributed by atoms with Crippen molar-refractivity contribution in [1.82, 2.24) is 4.90 Å². The molecular formula is C18H25ClN2O4. The van der Waals surface area contributed by atoms with Gasteiger partial charge in [-0.15, -0.1) is 0 Å². The minimum Gasteiger partial charge on any atom is -1.00 e. The lowest BCUT2D eigenvalue weighted by molar-refractivity contribution is -0.915. The maximum absolute atomic E-state index is 12.7. The van der Waals surface area contributed by atoms with Crippen LogP contribution in [0.2, 0.25) is 0 Å². The van der Waals surface area contributed by atoms with Crippen LogP contribution >= 0.6 is 0 Å². The van der Waals surface area contributed by atoms with Crippen LogP contribution in [0, 0.1) is 0 Å². The maximum Gasteiger partial charge on any atom is 0.241 e. The van der Waals surface area contributed by atoms with Crippen LogP contribution in [0.5, 0.6) is 5.75 Å². The lowest BCUT2D eigenvalue weighted by atomic mass is 9.97. The summed E-state index contributed by atoms with van der Waals surface area (Å²) >= 11 is 0. The van der Waals surface area contributed by atoms with Gasteiger partial charge in [-0.25, -0.2) is 4.90 Å². The first-order valence-corrected chi connectivity index (χ1v) is 8.56. The number of hydrogen-bond acceptors (Lipinski definition) is 4. The van der Waals surface area contributed by atoms with Crippen molar-refractivity contribution in [2.75, 3.05) is 33.0 Å². The van der Waals surface area contributed by atoms with Crippen LogP contribution in [0.4, 0.5) is 0 Å². The minimum absolute atomic E-state index is 0. The molecule has 1 unspecified atom stereocenters. The monoisotopic (exact) mass is 368 g/mol. The predicted octanol–water partition coefficient (Wildman–Crippen LogP) is -2.81. The number of imide groups is 1. The van der Waals surface area contributed by atoms with Crippen LogP contribution in [0.25, 0.3) is 0 Å². The van der Waals surface area contributed by atoms with Crippen LogP contribution < -0.4 is 22.0 Å². The summed E-state index contributed by atoms with van der Waals surface area (Å²) in [5, 5.41) is 0. The van der Waals surface area contributed by atoms with Crippen molar-refractivity contribution in [3.8, 4) is 5.75 Å². The van der Waals surface area contributed by atoms with Gasteiger partial charge in [-0.1, -0.05) is 12.1 Å². The molecule has 0 aromatic heterocycles. The van der Waals surface area contributed by atoms with Gasteiger partial charge in [0.15, 0.2) is 6.67 Å². The Bertz CT molecular complexity index is 600. The van der Waals surface area contributed by atoms with Crippen LogP contribution in [-0.4, -0.2) is 55.8 Å². The zero-order chi connectivity index (χ0) is 17.1. The molecule has 2 aliphatic heterocycles. The summed E-state index contributed by atoms with van der Waals surface area (Å²) in [6, 6.07) is 7.50. The van der Waals surface area contributed by atoms with Gasteiger partial charge in [0.2, 0.25) is 11.8 Å². The van der Waals surface area contributed by atoms with E-state index >= 15 is 0 Å². The zero-order valence-corrected chi connectivity index (χ0v) is 15.4. The van der Waals surface area contributed by atoms with Crippen LogP contribution in [0.1, 0.15) is 31.7 Å². The fraction of sp³-hybridized carbons (Fsp3) is 0.556. The van der Waals surface area contributed by atoms with Crippen molar-refractivity contribution in [3.63, 3.8) is 0 Å². The average molecular weight is 369 g/mol. The number of carbonyl (C=O) groups excluding carboxylic acids is 2. The van der Waals surface area contributed by atoms with Gasteiger partial charge >= 0.3 is 0 Å². The second-order valence-corrected chi connectivity index (χ2v) is 6.67. The molecule has 7 heteroatoms. The number of hydrogen-bond donors (Lipinski definition) is 1. The summed E-state index contributed by atoms with van der Waals surface area (Å²) in [5.41, 5.74) is 0.879. The van der Waals surface area contributed by atoms with E-state index in [1.165, 1.54) is 9.80 Å². The topological polar surface area (TPSA) is 60.3 Å². The molecule has 2 fully saturated rings. The number of rotatable bonds is 5. The molecule has 1 aromatic rings. The molecule has 2 saturated heterocycles. The lowest BCUT2D eigenvalue weighted by Gasteiger charge is -2.27. The SMILES string of the molecule is CC(C)Oc1ccc(C2CC(=O)N(C[NH+]3CCOCC3)C2=O)cc1.[Cl-]. The molecule has 0 radical (unpaired) electrons. The van der Waals surface area contributed by atoms with E-state index in [2.05, 4.69) is 0 Å². The molecule has 3 rings (SSSR count). The molecule has 1 atom stereocenters. The van der Waals surface area contributed by atoms with Crippen molar-refractivity contribution in [1.29, 1.82) is 0 Å². The Morgan fingerprint density at radius 2 is 1.84 bits per heavy atom. The standard InChI is InChI=1S/C18H24N2O4.ClH/c1-13(2)24-15-5-3-14(4-6-15)16-11-17(21)20(18(16)22)12-19-7-9-23-10-8-19;/h3-6,13,16H,7-12H2,1-2H3;1H. The van der Waals surface area contributed by atoms with E-state index in [0.29, 0.717) is 19.9 Å². The molecule has 2 amide bonds. The lowest BCUT2D eigenvalue weighted by Crippen LogP contribution is -3.15. The van der Waals surface area contributed by atoms with Crippen molar-refractivity contribution < 1.29 is 36.4 Å². The van der Waals surface area contributed by atoms with E-state index in [1.54, 1.807) is 0 Å². The molecule has 0 saturated carbocycles. The number of ether oxygens (including phenoxy) is 2. The number of quaternary nitrogens is 1. The number of benzene rings is 1. The molecule has 0 bridgehead atoms. The van der Waals surface area contributed by atoms with Crippen molar-refractivity contribution >= 4 is 11.8 Å². The Kier molecular flexibility index (Phi) is 6.81. The summed E-state index contributed by atoms with van der Waals surface area (Å²) in [6.07, 6.45) is 0.366. The number of amides is 2. The van der Waals surface area contributed by atoms with Crippen molar-refractivity contribution in [2.24, 2.45) is 0 Å². The zero-order valence-electron chi connectivity index (χ0n) is 14.7. The Hall–Kier alpha value is -1.63. The Morgan fingerprint density at radius 3 is 2.44 bits per heavy atom. The van der Waals surface area contributed by atoms with Crippen molar-refractivity contribution in [3.05, 3.63) is 29.8 Å². The van der Waals surface area contributed by atoms with Crippen LogP contribution in [0.15, 0.2) is 24.3 Å². The third-order valence-electron chi connectivity index (χ3n) is 4.48. The third-order valence-corrected chi connectivity index (χ3v) is 4.48. The van der Waals surface area contributed by atoms with Gasteiger partial charge in [0.25, 0.3) is 0 Å². The fourth-order valence-electron chi connectivity index (χ4n) is 3.20. The maximum atomic E-state index is 12.7. The summed E-state index contributed by atoms with van der Waals surface area (Å²) < 4.78 is 10.9. The first-order valence-electron chi connectivity index (χ1n) is 8.56. The first-order chi connectivity index (χ1) is 11.5. The van der Waals surface area contributed by atoms with E-state index in [0.717, 1.165) is 24.4 Å². The molecule has 1 N–H and O–H groups in total. The molecule has 1 aromatic carbocycles. The molecule has 2 aliphatic rings. The van der Waals surface area contributed by atoms with Gasteiger partial charge in [0, 0.05) is 6.42 Å². The Balaban J connectivity index is 0.00000225. The molecular weight excluding hydrogens is 344 g/mol. The van der Waals surface area contributed by atoms with Crippen LogP contribution in [-0.2, 0) is 14.3 Å². The molecule has 2 heterocycles. The normalized spacial score (nSPS) is 21.6. The van der Waals surface area contributed by atoms with E-state index in [1.807, 2.05) is 38.1 Å². The summed E-state index contributed by atoms with van der Waals surface area (Å²) in [5.74, 6) is 0.245. The summed E-state index contributed by atoms with van der Waals surface area (Å²) in [7, 11) is 0. The van der Waals surface area contributed by atoms with Gasteiger partial charge in [0.1, 0.15) is 18.8 Å². The minimum atomic E-state index is -0.369. The number of nitrogens with one attached hydrogen (secondary N) is 1. The Labute approximate surface area is 154 Å². The second-order valence-electron chi connectivity index (χ2n) is 6.67. The smallest absolute Gasteiger partial charge is 0.241 e. The number of halogens is 1. The number of likely N-dealkylation sites (tertiary alicyclic amines) is 1. The highest BCUT2D eigenvalue weighted by Crippen LogP contribution is 2.30.